The lowest BCUT2D eigenvalue weighted by atomic mass is 10.0. The number of nitrogens with two attached hydrogens (primary N) is 2. The van der Waals surface area contributed by atoms with Crippen LogP contribution in [0, 0.1) is 6.92 Å². The second-order valence-corrected chi connectivity index (χ2v) is 3.85. The predicted molar refractivity (Wildman–Crippen MR) is 67.1 cm³/mol. The molecule has 3 heteroatoms. The SMILES string of the molecule is Cc1cc(-c2ccc(N)cc2N)ccc1O. The number of hydrogen-bond donors (Lipinski definition) is 3. The van der Waals surface area contributed by atoms with Crippen molar-refractivity contribution in [2.45, 2.75) is 6.92 Å². The van der Waals surface area contributed by atoms with Crippen LogP contribution in [0.4, 0.5) is 11.4 Å². The van der Waals surface area contributed by atoms with Crippen LogP contribution in [0.5, 0.6) is 5.75 Å². The lowest BCUT2D eigenvalue weighted by Gasteiger charge is -2.08. The summed E-state index contributed by atoms with van der Waals surface area (Å²) in [5, 5.41) is 9.45. The second-order valence-electron chi connectivity index (χ2n) is 3.85. The molecule has 0 aromatic heterocycles. The summed E-state index contributed by atoms with van der Waals surface area (Å²) in [5.41, 5.74) is 15.6. The minimum absolute atomic E-state index is 0.290. The fourth-order valence-corrected chi connectivity index (χ4v) is 1.67. The third kappa shape index (κ3) is 1.80. The van der Waals surface area contributed by atoms with Gasteiger partial charge in [-0.3, -0.25) is 0 Å². The number of phenolic OH excluding ortho intramolecular Hbond substituents is 1. The van der Waals surface area contributed by atoms with Gasteiger partial charge in [0.2, 0.25) is 0 Å². The van der Waals surface area contributed by atoms with Gasteiger partial charge in [0.1, 0.15) is 5.75 Å². The van der Waals surface area contributed by atoms with Gasteiger partial charge in [-0.25, -0.2) is 0 Å². The Bertz CT molecular complexity index is 535. The zero-order valence-electron chi connectivity index (χ0n) is 9.07. The van der Waals surface area contributed by atoms with E-state index in [1.54, 1.807) is 12.1 Å². The summed E-state index contributed by atoms with van der Waals surface area (Å²) >= 11 is 0. The predicted octanol–water partition coefficient (Wildman–Crippen LogP) is 2.53. The van der Waals surface area contributed by atoms with E-state index in [1.165, 1.54) is 0 Å². The minimum atomic E-state index is 0.290. The molecule has 0 radical (unpaired) electrons. The van der Waals surface area contributed by atoms with E-state index in [9.17, 15) is 5.11 Å². The van der Waals surface area contributed by atoms with Gasteiger partial charge in [-0.2, -0.15) is 0 Å². The number of benzene rings is 2. The summed E-state index contributed by atoms with van der Waals surface area (Å²) in [6, 6.07) is 10.8. The third-order valence-electron chi connectivity index (χ3n) is 2.58. The molecular formula is C13H14N2O. The second kappa shape index (κ2) is 3.77. The summed E-state index contributed by atoms with van der Waals surface area (Å²) in [4.78, 5) is 0. The Morgan fingerprint density at radius 2 is 1.75 bits per heavy atom. The molecule has 5 N–H and O–H groups in total. The van der Waals surface area contributed by atoms with Crippen LogP contribution in [0.15, 0.2) is 36.4 Å². The minimum Gasteiger partial charge on any atom is -0.508 e. The smallest absolute Gasteiger partial charge is 0.118 e. The molecule has 0 fully saturated rings. The van der Waals surface area contributed by atoms with E-state index in [0.717, 1.165) is 16.7 Å². The monoisotopic (exact) mass is 214 g/mol. The van der Waals surface area contributed by atoms with Crippen LogP contribution in [0.3, 0.4) is 0 Å². The standard InChI is InChI=1S/C13H14N2O/c1-8-6-9(2-5-13(8)16)11-4-3-10(14)7-12(11)15/h2-7,16H,14-15H2,1H3. The van der Waals surface area contributed by atoms with Gasteiger partial charge in [0.25, 0.3) is 0 Å². The Morgan fingerprint density at radius 3 is 2.38 bits per heavy atom. The molecule has 0 heterocycles. The Morgan fingerprint density at radius 1 is 1.00 bits per heavy atom. The van der Waals surface area contributed by atoms with Gasteiger partial charge in [-0.05, 0) is 42.3 Å². The van der Waals surface area contributed by atoms with Crippen molar-refractivity contribution >= 4 is 11.4 Å². The highest BCUT2D eigenvalue weighted by molar-refractivity contribution is 5.79. The Hall–Kier alpha value is -2.16. The molecule has 0 atom stereocenters. The van der Waals surface area contributed by atoms with Gasteiger partial charge in [0.15, 0.2) is 0 Å². The molecule has 0 bridgehead atoms. The summed E-state index contributed by atoms with van der Waals surface area (Å²) in [6.07, 6.45) is 0. The maximum absolute atomic E-state index is 9.45. The quantitative estimate of drug-likeness (QED) is 0.639. The number of hydrogen-bond acceptors (Lipinski definition) is 3. The Kier molecular flexibility index (Phi) is 2.44. The van der Waals surface area contributed by atoms with Crippen molar-refractivity contribution in [1.82, 2.24) is 0 Å². The fraction of sp³-hybridized carbons (Fsp3) is 0.0769. The molecule has 0 aliphatic rings. The van der Waals surface area contributed by atoms with Crippen LogP contribution in [0.25, 0.3) is 11.1 Å². The first-order valence-corrected chi connectivity index (χ1v) is 5.03. The van der Waals surface area contributed by atoms with Crippen molar-refractivity contribution in [2.24, 2.45) is 0 Å². The highest BCUT2D eigenvalue weighted by Crippen LogP contribution is 2.30. The molecule has 0 saturated carbocycles. The largest absolute Gasteiger partial charge is 0.508 e. The normalized spacial score (nSPS) is 10.3. The molecule has 2 rings (SSSR count). The van der Waals surface area contributed by atoms with Crippen molar-refractivity contribution in [2.75, 3.05) is 11.5 Å². The van der Waals surface area contributed by atoms with E-state index in [0.29, 0.717) is 11.4 Å². The number of phenols is 1. The van der Waals surface area contributed by atoms with Crippen LogP contribution in [-0.2, 0) is 0 Å². The number of anilines is 2. The van der Waals surface area contributed by atoms with Gasteiger partial charge >= 0.3 is 0 Å². The van der Waals surface area contributed by atoms with E-state index < -0.39 is 0 Å². The van der Waals surface area contributed by atoms with Crippen molar-refractivity contribution in [1.29, 1.82) is 0 Å². The Labute approximate surface area is 94.3 Å². The molecule has 0 amide bonds. The number of aromatic hydroxyl groups is 1. The van der Waals surface area contributed by atoms with Crippen LogP contribution < -0.4 is 11.5 Å². The number of aryl methyl sites for hydroxylation is 1. The maximum Gasteiger partial charge on any atom is 0.118 e. The highest BCUT2D eigenvalue weighted by atomic mass is 16.3. The van der Waals surface area contributed by atoms with Gasteiger partial charge in [0, 0.05) is 16.9 Å². The first kappa shape index (κ1) is 10.4. The lowest BCUT2D eigenvalue weighted by Crippen LogP contribution is -1.93. The number of rotatable bonds is 1. The molecule has 16 heavy (non-hydrogen) atoms. The van der Waals surface area contributed by atoms with Crippen molar-refractivity contribution in [3.05, 3.63) is 42.0 Å². The molecule has 2 aromatic carbocycles. The molecule has 0 spiro atoms. The van der Waals surface area contributed by atoms with Gasteiger partial charge in [0.05, 0.1) is 0 Å². The van der Waals surface area contributed by atoms with Crippen LogP contribution >= 0.6 is 0 Å². The van der Waals surface area contributed by atoms with Crippen molar-refractivity contribution in [3.63, 3.8) is 0 Å². The molecule has 2 aromatic rings. The summed E-state index contributed by atoms with van der Waals surface area (Å²) in [7, 11) is 0. The van der Waals surface area contributed by atoms with E-state index in [4.69, 9.17) is 11.5 Å². The molecule has 0 aliphatic carbocycles. The lowest BCUT2D eigenvalue weighted by molar-refractivity contribution is 0.471. The van der Waals surface area contributed by atoms with Gasteiger partial charge in [-0.1, -0.05) is 12.1 Å². The average Bonchev–Trinajstić information content (AvgIpc) is 2.22. The van der Waals surface area contributed by atoms with Crippen molar-refractivity contribution in [3.8, 4) is 16.9 Å². The zero-order chi connectivity index (χ0) is 11.7. The molecule has 0 unspecified atom stereocenters. The molecule has 0 saturated heterocycles. The van der Waals surface area contributed by atoms with E-state index in [-0.39, 0.29) is 5.75 Å². The summed E-state index contributed by atoms with van der Waals surface area (Å²) < 4.78 is 0. The van der Waals surface area contributed by atoms with E-state index in [1.807, 2.05) is 31.2 Å². The first-order chi connectivity index (χ1) is 7.58. The topological polar surface area (TPSA) is 72.3 Å². The first-order valence-electron chi connectivity index (χ1n) is 5.03. The maximum atomic E-state index is 9.45. The third-order valence-corrected chi connectivity index (χ3v) is 2.58. The molecule has 82 valence electrons. The van der Waals surface area contributed by atoms with Crippen molar-refractivity contribution < 1.29 is 5.11 Å². The average molecular weight is 214 g/mol. The Balaban J connectivity index is 2.54. The molecule has 3 nitrogen and oxygen atoms in total. The van der Waals surface area contributed by atoms with Gasteiger partial charge < -0.3 is 16.6 Å². The summed E-state index contributed by atoms with van der Waals surface area (Å²) in [6.45, 7) is 1.85. The zero-order valence-corrected chi connectivity index (χ0v) is 9.07. The summed E-state index contributed by atoms with van der Waals surface area (Å²) in [5.74, 6) is 0.290. The molecule has 0 aliphatic heterocycles. The highest BCUT2D eigenvalue weighted by Gasteiger charge is 2.04. The van der Waals surface area contributed by atoms with Crippen LogP contribution in [0.1, 0.15) is 5.56 Å². The number of nitrogen functional groups attached to an aromatic ring is 2. The fourth-order valence-electron chi connectivity index (χ4n) is 1.67. The van der Waals surface area contributed by atoms with Crippen LogP contribution in [-0.4, -0.2) is 5.11 Å². The van der Waals surface area contributed by atoms with Gasteiger partial charge in [-0.15, -0.1) is 0 Å². The molecular weight excluding hydrogens is 200 g/mol. The van der Waals surface area contributed by atoms with Crippen LogP contribution in [0.2, 0.25) is 0 Å². The van der Waals surface area contributed by atoms with E-state index >= 15 is 0 Å². The van der Waals surface area contributed by atoms with E-state index in [2.05, 4.69) is 0 Å².